The van der Waals surface area contributed by atoms with Crippen LogP contribution in [0.1, 0.15) is 17.3 Å². The smallest absolute Gasteiger partial charge is 0.409 e. The van der Waals surface area contributed by atoms with Gasteiger partial charge in [0.25, 0.3) is 5.91 Å². The number of sulfonamides is 1. The molecule has 0 atom stereocenters. The Balaban J connectivity index is 1.36. The third-order valence-electron chi connectivity index (χ3n) is 6.36. The van der Waals surface area contributed by atoms with Crippen LogP contribution in [0.25, 0.3) is 10.2 Å². The lowest BCUT2D eigenvalue weighted by atomic mass is 10.2. The third-order valence-corrected chi connectivity index (χ3v) is 9.31. The summed E-state index contributed by atoms with van der Waals surface area (Å²) in [5.74, 6) is 0.794. The molecular formula is C26H28N4O7S2. The average molecular weight is 573 g/mol. The number of carbonyl (C=O) groups excluding carboxylic acids is 2. The van der Waals surface area contributed by atoms with Crippen LogP contribution in [0.3, 0.4) is 0 Å². The van der Waals surface area contributed by atoms with Crippen LogP contribution in [0.15, 0.2) is 58.9 Å². The maximum absolute atomic E-state index is 13.1. The van der Waals surface area contributed by atoms with Gasteiger partial charge in [0.15, 0.2) is 16.3 Å². The van der Waals surface area contributed by atoms with Crippen LogP contribution in [-0.2, 0) is 21.3 Å². The number of nitrogens with zero attached hydrogens (tertiary/aromatic N) is 4. The number of hydrogen-bond donors (Lipinski definition) is 0. The number of thiazole rings is 1. The van der Waals surface area contributed by atoms with Gasteiger partial charge in [-0.3, -0.25) is 4.79 Å². The summed E-state index contributed by atoms with van der Waals surface area (Å²) >= 11 is 1.34. The Bertz CT molecular complexity index is 1580. The molecule has 3 aromatic rings. The topological polar surface area (TPSA) is 120 Å². The lowest BCUT2D eigenvalue weighted by Gasteiger charge is -2.33. The number of amides is 2. The quantitative estimate of drug-likeness (QED) is 0.417. The van der Waals surface area contributed by atoms with E-state index >= 15 is 0 Å². The minimum atomic E-state index is -3.79. The van der Waals surface area contributed by atoms with Gasteiger partial charge in [0.05, 0.1) is 21.7 Å². The van der Waals surface area contributed by atoms with Crippen LogP contribution in [-0.4, -0.2) is 80.2 Å². The molecule has 2 amide bonds. The summed E-state index contributed by atoms with van der Waals surface area (Å²) in [5, 5.41) is 0. The first kappa shape index (κ1) is 26.9. The van der Waals surface area contributed by atoms with Crippen molar-refractivity contribution in [2.24, 2.45) is 4.99 Å². The molecule has 2 aliphatic heterocycles. The number of rotatable bonds is 6. The van der Waals surface area contributed by atoms with Crippen LogP contribution >= 0.6 is 11.3 Å². The van der Waals surface area contributed by atoms with E-state index in [1.54, 1.807) is 13.0 Å². The average Bonchev–Trinajstić information content (AvgIpc) is 3.27. The Hall–Kier alpha value is -3.68. The number of piperazine rings is 1. The Labute approximate surface area is 229 Å². The molecule has 0 N–H and O–H groups in total. The van der Waals surface area contributed by atoms with Gasteiger partial charge in [-0.25, -0.2) is 13.2 Å². The van der Waals surface area contributed by atoms with Gasteiger partial charge in [-0.1, -0.05) is 17.4 Å². The maximum Gasteiger partial charge on any atom is 0.409 e. The summed E-state index contributed by atoms with van der Waals surface area (Å²) in [7, 11) is -3.79. The van der Waals surface area contributed by atoms with Gasteiger partial charge >= 0.3 is 6.09 Å². The summed E-state index contributed by atoms with van der Waals surface area (Å²) in [6.45, 7) is 7.98. The fraction of sp³-hybridized carbons (Fsp3) is 0.346. The lowest BCUT2D eigenvalue weighted by molar-refractivity contribution is 0.0933. The highest BCUT2D eigenvalue weighted by Crippen LogP contribution is 2.35. The van der Waals surface area contributed by atoms with Crippen molar-refractivity contribution in [1.82, 2.24) is 13.8 Å². The summed E-state index contributed by atoms with van der Waals surface area (Å²) in [5.41, 5.74) is 1.11. The molecule has 1 aromatic heterocycles. The molecule has 0 bridgehead atoms. The molecule has 1 fully saturated rings. The van der Waals surface area contributed by atoms with Crippen molar-refractivity contribution in [2.45, 2.75) is 18.4 Å². The molecule has 2 aromatic carbocycles. The van der Waals surface area contributed by atoms with Gasteiger partial charge in [-0.2, -0.15) is 9.30 Å². The van der Waals surface area contributed by atoms with E-state index in [1.165, 1.54) is 44.8 Å². The number of fused-ring (bicyclic) bond motifs is 2. The van der Waals surface area contributed by atoms with Crippen molar-refractivity contribution >= 4 is 43.6 Å². The minimum Gasteiger partial charge on any atom is -0.486 e. The molecule has 0 radical (unpaired) electrons. The second-order valence-corrected chi connectivity index (χ2v) is 11.7. The SMILES string of the molecule is C=CCn1c(=NC(=O)c2ccc(S(=O)(=O)N3CCN(C(=O)OCC)CC3)cc2)sc2cc3c(cc21)OCCO3. The highest BCUT2D eigenvalue weighted by molar-refractivity contribution is 7.89. The summed E-state index contributed by atoms with van der Waals surface area (Å²) < 4.78 is 46.7. The van der Waals surface area contributed by atoms with E-state index in [1.807, 2.05) is 16.7 Å². The van der Waals surface area contributed by atoms with Gasteiger partial charge in [0.2, 0.25) is 10.0 Å². The first-order valence-electron chi connectivity index (χ1n) is 12.5. The second kappa shape index (κ2) is 11.2. The molecule has 11 nitrogen and oxygen atoms in total. The van der Waals surface area contributed by atoms with Gasteiger partial charge in [-0.05, 0) is 31.2 Å². The predicted octanol–water partition coefficient (Wildman–Crippen LogP) is 2.86. The standard InChI is InChI=1S/C26H28N4O7S2/c1-3-9-30-20-16-21-22(37-15-14-36-21)17-23(20)38-25(30)27-24(31)18-5-7-19(8-6-18)39(33,34)29-12-10-28(11-13-29)26(32)35-4-2/h3,5-8,16-17H,1,4,9-15H2,2H3. The fourth-order valence-corrected chi connectivity index (χ4v) is 6.86. The Morgan fingerprint density at radius 1 is 1.08 bits per heavy atom. The molecule has 3 heterocycles. The van der Waals surface area contributed by atoms with Crippen molar-refractivity contribution < 1.29 is 32.2 Å². The van der Waals surface area contributed by atoms with E-state index in [0.29, 0.717) is 36.1 Å². The van der Waals surface area contributed by atoms with E-state index in [-0.39, 0.29) is 43.2 Å². The summed E-state index contributed by atoms with van der Waals surface area (Å²) in [6.07, 6.45) is 1.27. The molecule has 0 spiro atoms. The zero-order valence-corrected chi connectivity index (χ0v) is 23.0. The van der Waals surface area contributed by atoms with Crippen LogP contribution in [0.4, 0.5) is 4.79 Å². The largest absolute Gasteiger partial charge is 0.486 e. The number of ether oxygens (including phenoxy) is 3. The Morgan fingerprint density at radius 3 is 2.38 bits per heavy atom. The molecule has 39 heavy (non-hydrogen) atoms. The maximum atomic E-state index is 13.1. The molecule has 2 aliphatic rings. The molecule has 0 aliphatic carbocycles. The van der Waals surface area contributed by atoms with E-state index in [9.17, 15) is 18.0 Å². The number of allylic oxidation sites excluding steroid dienone is 1. The normalized spacial score (nSPS) is 16.3. The molecule has 5 rings (SSSR count). The number of aromatic nitrogens is 1. The first-order chi connectivity index (χ1) is 18.8. The molecule has 13 heteroatoms. The highest BCUT2D eigenvalue weighted by atomic mass is 32.2. The highest BCUT2D eigenvalue weighted by Gasteiger charge is 2.30. The Morgan fingerprint density at radius 2 is 1.74 bits per heavy atom. The van der Waals surface area contributed by atoms with Crippen LogP contribution in [0.2, 0.25) is 0 Å². The van der Waals surface area contributed by atoms with Gasteiger partial charge in [0, 0.05) is 50.4 Å². The van der Waals surface area contributed by atoms with E-state index in [4.69, 9.17) is 14.2 Å². The van der Waals surface area contributed by atoms with Crippen molar-refractivity contribution in [1.29, 1.82) is 0 Å². The van der Waals surface area contributed by atoms with Gasteiger partial charge < -0.3 is 23.7 Å². The molecule has 0 unspecified atom stereocenters. The van der Waals surface area contributed by atoms with E-state index in [2.05, 4.69) is 11.6 Å². The lowest BCUT2D eigenvalue weighted by Crippen LogP contribution is -2.50. The monoisotopic (exact) mass is 572 g/mol. The number of carbonyl (C=O) groups is 2. The zero-order valence-electron chi connectivity index (χ0n) is 21.4. The molecular weight excluding hydrogens is 544 g/mol. The second-order valence-electron chi connectivity index (χ2n) is 8.78. The van der Waals surface area contributed by atoms with Gasteiger partial charge in [-0.15, -0.1) is 6.58 Å². The van der Waals surface area contributed by atoms with E-state index in [0.717, 1.165) is 10.2 Å². The van der Waals surface area contributed by atoms with Crippen LogP contribution < -0.4 is 14.3 Å². The van der Waals surface area contributed by atoms with Crippen molar-refractivity contribution in [3.8, 4) is 11.5 Å². The van der Waals surface area contributed by atoms with Gasteiger partial charge in [0.1, 0.15) is 13.2 Å². The van der Waals surface area contributed by atoms with E-state index < -0.39 is 22.0 Å². The molecule has 0 saturated carbocycles. The number of benzene rings is 2. The molecule has 1 saturated heterocycles. The third kappa shape index (κ3) is 5.42. The van der Waals surface area contributed by atoms with Crippen molar-refractivity contribution in [3.05, 3.63) is 59.4 Å². The molecule has 206 valence electrons. The minimum absolute atomic E-state index is 0.0674. The Kier molecular flexibility index (Phi) is 7.73. The van der Waals surface area contributed by atoms with Crippen molar-refractivity contribution in [3.63, 3.8) is 0 Å². The fourth-order valence-electron chi connectivity index (χ4n) is 4.39. The summed E-state index contributed by atoms with van der Waals surface area (Å²) in [4.78, 5) is 31.3. The van der Waals surface area contributed by atoms with Crippen LogP contribution in [0.5, 0.6) is 11.5 Å². The zero-order chi connectivity index (χ0) is 27.6. The van der Waals surface area contributed by atoms with Crippen LogP contribution in [0, 0.1) is 0 Å². The number of hydrogen-bond acceptors (Lipinski definition) is 8. The first-order valence-corrected chi connectivity index (χ1v) is 14.7. The summed E-state index contributed by atoms with van der Waals surface area (Å²) in [6, 6.07) is 9.48. The van der Waals surface area contributed by atoms with Crippen molar-refractivity contribution in [2.75, 3.05) is 46.0 Å². The predicted molar refractivity (Wildman–Crippen MR) is 145 cm³/mol.